The van der Waals surface area contributed by atoms with Crippen LogP contribution >= 0.6 is 0 Å². The van der Waals surface area contributed by atoms with E-state index in [4.69, 9.17) is 4.74 Å². The molecule has 1 aliphatic rings. The van der Waals surface area contributed by atoms with Crippen LogP contribution in [-0.4, -0.2) is 31.0 Å². The van der Waals surface area contributed by atoms with Crippen LogP contribution in [0, 0.1) is 15.5 Å². The number of rotatable bonds is 4. The molecule has 7 nitrogen and oxygen atoms in total. The Kier molecular flexibility index (Phi) is 4.42. The maximum absolute atomic E-state index is 12.4. The Morgan fingerprint density at radius 3 is 2.67 bits per heavy atom. The normalized spacial score (nSPS) is 17.0. The molecule has 0 bridgehead atoms. The number of hydrogen-bond donors (Lipinski definition) is 2. The van der Waals surface area contributed by atoms with E-state index in [1.807, 2.05) is 6.92 Å². The first-order valence-electron chi connectivity index (χ1n) is 6.81. The number of anilines is 1. The molecule has 0 aliphatic carbocycles. The minimum absolute atomic E-state index is 0.166. The molecule has 2 rings (SSSR count). The second kappa shape index (κ2) is 6.09. The summed E-state index contributed by atoms with van der Waals surface area (Å²) in [5.41, 5.74) is -0.468. The molecule has 0 spiro atoms. The van der Waals surface area contributed by atoms with E-state index in [1.54, 1.807) is 6.07 Å². The van der Waals surface area contributed by atoms with E-state index in [-0.39, 0.29) is 17.3 Å². The summed E-state index contributed by atoms with van der Waals surface area (Å²) in [5, 5.41) is 17.0. The number of amides is 1. The lowest BCUT2D eigenvalue weighted by Crippen LogP contribution is -2.42. The number of piperidine rings is 1. The number of nitro benzene ring substituents is 1. The van der Waals surface area contributed by atoms with Crippen molar-refractivity contribution in [1.29, 1.82) is 0 Å². The highest BCUT2D eigenvalue weighted by molar-refractivity contribution is 5.97. The van der Waals surface area contributed by atoms with Crippen molar-refractivity contribution in [3.8, 4) is 5.75 Å². The molecule has 1 amide bonds. The minimum atomic E-state index is -0.525. The molecular formula is C14H19N3O4. The van der Waals surface area contributed by atoms with Crippen LogP contribution in [0.15, 0.2) is 18.2 Å². The smallest absolute Gasteiger partial charge is 0.296 e. The molecule has 0 aromatic heterocycles. The monoisotopic (exact) mass is 293 g/mol. The van der Waals surface area contributed by atoms with Crippen LogP contribution in [0.1, 0.15) is 19.8 Å². The molecule has 7 heteroatoms. The van der Waals surface area contributed by atoms with Gasteiger partial charge in [-0.05, 0) is 38.1 Å². The van der Waals surface area contributed by atoms with Crippen molar-refractivity contribution in [2.75, 3.05) is 25.5 Å². The van der Waals surface area contributed by atoms with Gasteiger partial charge >= 0.3 is 0 Å². The molecule has 1 saturated heterocycles. The molecule has 1 heterocycles. The average Bonchev–Trinajstić information content (AvgIpc) is 2.48. The van der Waals surface area contributed by atoms with Crippen molar-refractivity contribution in [3.05, 3.63) is 28.3 Å². The van der Waals surface area contributed by atoms with Gasteiger partial charge < -0.3 is 15.4 Å². The fraction of sp³-hybridized carbons (Fsp3) is 0.500. The van der Waals surface area contributed by atoms with Gasteiger partial charge in [-0.25, -0.2) is 0 Å². The fourth-order valence-corrected chi connectivity index (χ4v) is 2.37. The first-order chi connectivity index (χ1) is 9.96. The molecule has 114 valence electrons. The first kappa shape index (κ1) is 15.2. The molecule has 21 heavy (non-hydrogen) atoms. The van der Waals surface area contributed by atoms with Gasteiger partial charge in [-0.1, -0.05) is 6.92 Å². The van der Waals surface area contributed by atoms with Crippen LogP contribution in [0.2, 0.25) is 0 Å². The van der Waals surface area contributed by atoms with Gasteiger partial charge in [0.1, 0.15) is 11.4 Å². The summed E-state index contributed by atoms with van der Waals surface area (Å²) in [6.07, 6.45) is 1.42. The Hall–Kier alpha value is -2.15. The van der Waals surface area contributed by atoms with Crippen molar-refractivity contribution in [2.45, 2.75) is 19.8 Å². The third kappa shape index (κ3) is 3.30. The zero-order valence-electron chi connectivity index (χ0n) is 12.1. The number of methoxy groups -OCH3 is 1. The van der Waals surface area contributed by atoms with Gasteiger partial charge in [0.15, 0.2) is 0 Å². The van der Waals surface area contributed by atoms with Crippen LogP contribution in [0.3, 0.4) is 0 Å². The minimum Gasteiger partial charge on any atom is -0.496 e. The highest BCUT2D eigenvalue weighted by atomic mass is 16.6. The van der Waals surface area contributed by atoms with Crippen molar-refractivity contribution < 1.29 is 14.5 Å². The van der Waals surface area contributed by atoms with Crippen LogP contribution < -0.4 is 15.4 Å². The van der Waals surface area contributed by atoms with E-state index < -0.39 is 10.3 Å². The van der Waals surface area contributed by atoms with E-state index in [1.165, 1.54) is 19.2 Å². The summed E-state index contributed by atoms with van der Waals surface area (Å²) in [6.45, 7) is 3.43. The average molecular weight is 293 g/mol. The number of carbonyl (C=O) groups is 1. The quantitative estimate of drug-likeness (QED) is 0.653. The number of nitro groups is 1. The van der Waals surface area contributed by atoms with Gasteiger partial charge in [-0.3, -0.25) is 14.9 Å². The molecule has 2 N–H and O–H groups in total. The molecule has 1 aromatic carbocycles. The number of nitrogens with one attached hydrogen (secondary N) is 2. The van der Waals surface area contributed by atoms with Crippen molar-refractivity contribution in [1.82, 2.24) is 5.32 Å². The Morgan fingerprint density at radius 2 is 2.10 bits per heavy atom. The molecular weight excluding hydrogens is 274 g/mol. The van der Waals surface area contributed by atoms with Crippen molar-refractivity contribution in [2.24, 2.45) is 5.41 Å². The lowest BCUT2D eigenvalue weighted by atomic mass is 9.80. The van der Waals surface area contributed by atoms with E-state index in [9.17, 15) is 14.9 Å². The molecule has 1 aromatic rings. The van der Waals surface area contributed by atoms with Crippen LogP contribution in [0.25, 0.3) is 0 Å². The second-order valence-electron chi connectivity index (χ2n) is 5.40. The summed E-state index contributed by atoms with van der Waals surface area (Å²) in [7, 11) is 1.44. The van der Waals surface area contributed by atoms with Gasteiger partial charge in [0.25, 0.3) is 5.69 Å². The lowest BCUT2D eigenvalue weighted by molar-refractivity contribution is -0.384. The highest BCUT2D eigenvalue weighted by Crippen LogP contribution is 2.33. The fourth-order valence-electron chi connectivity index (χ4n) is 2.37. The SMILES string of the molecule is COc1ccc(NC(=O)C2(C)CCNCC2)c([N+](=O)[O-])c1. The zero-order chi connectivity index (χ0) is 15.5. The number of nitrogens with zero attached hydrogens (tertiary/aromatic N) is 1. The predicted molar refractivity (Wildman–Crippen MR) is 78.5 cm³/mol. The number of carbonyl (C=O) groups excluding carboxylic acids is 1. The predicted octanol–water partition coefficient (Wildman–Crippen LogP) is 1.93. The third-order valence-electron chi connectivity index (χ3n) is 3.91. The topological polar surface area (TPSA) is 93.5 Å². The van der Waals surface area contributed by atoms with Crippen LogP contribution in [0.5, 0.6) is 5.75 Å². The molecule has 0 radical (unpaired) electrons. The zero-order valence-corrected chi connectivity index (χ0v) is 12.1. The summed E-state index contributed by atoms with van der Waals surface area (Å²) in [6, 6.07) is 4.40. The highest BCUT2D eigenvalue weighted by Gasteiger charge is 2.35. The van der Waals surface area contributed by atoms with Crippen molar-refractivity contribution >= 4 is 17.3 Å². The van der Waals surface area contributed by atoms with Crippen LogP contribution in [0.4, 0.5) is 11.4 Å². The Labute approximate surface area is 122 Å². The third-order valence-corrected chi connectivity index (χ3v) is 3.91. The maximum atomic E-state index is 12.4. The van der Waals surface area contributed by atoms with E-state index in [0.717, 1.165) is 13.1 Å². The second-order valence-corrected chi connectivity index (χ2v) is 5.40. The van der Waals surface area contributed by atoms with Gasteiger partial charge in [0.2, 0.25) is 5.91 Å². The van der Waals surface area contributed by atoms with Gasteiger partial charge in [0.05, 0.1) is 18.1 Å². The number of ether oxygens (including phenoxy) is 1. The molecule has 1 fully saturated rings. The van der Waals surface area contributed by atoms with Gasteiger partial charge in [-0.2, -0.15) is 0 Å². The van der Waals surface area contributed by atoms with E-state index in [0.29, 0.717) is 18.6 Å². The lowest BCUT2D eigenvalue weighted by Gasteiger charge is -2.32. The number of hydrogen-bond acceptors (Lipinski definition) is 5. The largest absolute Gasteiger partial charge is 0.496 e. The molecule has 0 unspecified atom stereocenters. The Morgan fingerprint density at radius 1 is 1.43 bits per heavy atom. The molecule has 1 aliphatic heterocycles. The van der Waals surface area contributed by atoms with Crippen molar-refractivity contribution in [3.63, 3.8) is 0 Å². The maximum Gasteiger partial charge on any atom is 0.296 e. The number of benzene rings is 1. The summed E-state index contributed by atoms with van der Waals surface area (Å²) in [5.74, 6) is 0.199. The van der Waals surface area contributed by atoms with E-state index in [2.05, 4.69) is 10.6 Å². The van der Waals surface area contributed by atoms with Gasteiger partial charge in [-0.15, -0.1) is 0 Å². The Bertz CT molecular complexity index is 553. The molecule has 0 saturated carbocycles. The summed E-state index contributed by atoms with van der Waals surface area (Å²) >= 11 is 0. The van der Waals surface area contributed by atoms with Crippen LogP contribution in [-0.2, 0) is 4.79 Å². The summed E-state index contributed by atoms with van der Waals surface area (Å²) < 4.78 is 4.98. The summed E-state index contributed by atoms with van der Waals surface area (Å²) in [4.78, 5) is 23.0. The van der Waals surface area contributed by atoms with Gasteiger partial charge in [0, 0.05) is 5.41 Å². The molecule has 0 atom stereocenters. The standard InChI is InChI=1S/C14H19N3O4/c1-14(5-7-15-8-6-14)13(18)16-11-4-3-10(21-2)9-12(11)17(19)20/h3-4,9,15H,5-8H2,1-2H3,(H,16,18). The first-order valence-corrected chi connectivity index (χ1v) is 6.81. The Balaban J connectivity index is 2.22. The van der Waals surface area contributed by atoms with E-state index >= 15 is 0 Å².